The third-order valence-corrected chi connectivity index (χ3v) is 5.41. The number of hydrogen-bond acceptors (Lipinski definition) is 3. The molecule has 31 heavy (non-hydrogen) atoms. The van der Waals surface area contributed by atoms with Gasteiger partial charge in [-0.25, -0.2) is 0 Å². The zero-order valence-electron chi connectivity index (χ0n) is 17.8. The predicted octanol–water partition coefficient (Wildman–Crippen LogP) is 4.02. The van der Waals surface area contributed by atoms with E-state index >= 15 is 0 Å². The van der Waals surface area contributed by atoms with Crippen molar-refractivity contribution in [1.82, 2.24) is 15.1 Å². The number of fused-ring (bicyclic) bond motifs is 1. The van der Waals surface area contributed by atoms with Crippen LogP contribution in [-0.2, 0) is 6.42 Å². The topological polar surface area (TPSA) is 61.1 Å². The number of carbonyl (C=O) groups excluding carboxylic acids is 1. The van der Waals surface area contributed by atoms with Gasteiger partial charge in [0.05, 0.1) is 6.26 Å². The van der Waals surface area contributed by atoms with Gasteiger partial charge in [0.2, 0.25) is 0 Å². The van der Waals surface area contributed by atoms with Crippen molar-refractivity contribution in [3.63, 3.8) is 0 Å². The number of nitrogens with zero attached hydrogens (tertiary/aromatic N) is 3. The fraction of sp³-hybridized carbons (Fsp3) is 0.333. The van der Waals surface area contributed by atoms with Crippen molar-refractivity contribution >= 4 is 46.6 Å². The molecule has 1 N–H and O–H groups in total. The molecule has 0 saturated carbocycles. The van der Waals surface area contributed by atoms with E-state index in [0.717, 1.165) is 38.6 Å². The molecule has 1 amide bonds. The van der Waals surface area contributed by atoms with Gasteiger partial charge in [-0.3, -0.25) is 9.79 Å². The van der Waals surface area contributed by atoms with E-state index in [2.05, 4.69) is 59.6 Å². The number of furan rings is 1. The number of hydrogen-bond donors (Lipinski definition) is 1. The monoisotopic (exact) mass is 532 g/mol. The van der Waals surface area contributed by atoms with Gasteiger partial charge in [0.1, 0.15) is 0 Å². The lowest BCUT2D eigenvalue weighted by molar-refractivity contribution is 0.0657. The minimum Gasteiger partial charge on any atom is -0.459 e. The second kappa shape index (κ2) is 11.2. The van der Waals surface area contributed by atoms with E-state index in [0.29, 0.717) is 18.8 Å². The zero-order chi connectivity index (χ0) is 20.8. The number of guanidine groups is 1. The molecule has 7 heteroatoms. The molecule has 2 heterocycles. The molecular weight excluding hydrogens is 503 g/mol. The molecule has 4 rings (SSSR count). The smallest absolute Gasteiger partial charge is 0.289 e. The van der Waals surface area contributed by atoms with Crippen molar-refractivity contribution in [2.24, 2.45) is 4.99 Å². The fourth-order valence-corrected chi connectivity index (χ4v) is 3.79. The minimum atomic E-state index is -0.0436. The Bertz CT molecular complexity index is 1010. The zero-order valence-corrected chi connectivity index (χ0v) is 20.1. The Morgan fingerprint density at radius 3 is 2.45 bits per heavy atom. The third-order valence-electron chi connectivity index (χ3n) is 5.41. The van der Waals surface area contributed by atoms with Gasteiger partial charge in [0.15, 0.2) is 11.7 Å². The number of benzene rings is 2. The highest BCUT2D eigenvalue weighted by molar-refractivity contribution is 14.0. The standard InChI is InChI=1S/C24H28N4O2.HI/c1-2-25-24(26-12-11-19-9-10-20-6-3-4-7-21(20)18-19)28-15-13-27(14-16-28)23(29)22-8-5-17-30-22;/h3-10,17-18H,2,11-16H2,1H3,(H,25,26);1H. The summed E-state index contributed by atoms with van der Waals surface area (Å²) in [4.78, 5) is 21.4. The Balaban J connectivity index is 0.00000272. The Morgan fingerprint density at radius 2 is 1.74 bits per heavy atom. The van der Waals surface area contributed by atoms with Crippen LogP contribution in [0.1, 0.15) is 23.0 Å². The Hall–Kier alpha value is -2.55. The Labute approximate surface area is 200 Å². The molecule has 3 aromatic rings. The van der Waals surface area contributed by atoms with E-state index in [-0.39, 0.29) is 29.9 Å². The summed E-state index contributed by atoms with van der Waals surface area (Å²) in [5, 5.41) is 5.92. The van der Waals surface area contributed by atoms with Crippen LogP contribution in [0.5, 0.6) is 0 Å². The molecule has 164 valence electrons. The maximum Gasteiger partial charge on any atom is 0.289 e. The van der Waals surface area contributed by atoms with Gasteiger partial charge in [-0.2, -0.15) is 0 Å². The first-order valence-corrected chi connectivity index (χ1v) is 10.6. The van der Waals surface area contributed by atoms with Gasteiger partial charge < -0.3 is 19.5 Å². The maximum atomic E-state index is 12.5. The normalized spacial score (nSPS) is 14.4. The van der Waals surface area contributed by atoms with E-state index in [4.69, 9.17) is 9.41 Å². The van der Waals surface area contributed by atoms with Gasteiger partial charge in [0.25, 0.3) is 5.91 Å². The number of aliphatic imine (C=N–C) groups is 1. The summed E-state index contributed by atoms with van der Waals surface area (Å²) in [7, 11) is 0. The predicted molar refractivity (Wildman–Crippen MR) is 135 cm³/mol. The van der Waals surface area contributed by atoms with Crippen molar-refractivity contribution in [3.8, 4) is 0 Å². The summed E-state index contributed by atoms with van der Waals surface area (Å²) >= 11 is 0. The lowest BCUT2D eigenvalue weighted by Crippen LogP contribution is -2.53. The molecule has 0 atom stereocenters. The number of nitrogens with one attached hydrogen (secondary N) is 1. The molecule has 0 unspecified atom stereocenters. The van der Waals surface area contributed by atoms with Crippen molar-refractivity contribution in [3.05, 3.63) is 72.2 Å². The van der Waals surface area contributed by atoms with E-state index < -0.39 is 0 Å². The first kappa shape index (κ1) is 23.1. The number of rotatable bonds is 5. The van der Waals surface area contributed by atoms with Crippen LogP contribution in [0, 0.1) is 0 Å². The molecule has 0 bridgehead atoms. The number of amides is 1. The Kier molecular flexibility index (Phi) is 8.34. The summed E-state index contributed by atoms with van der Waals surface area (Å²) in [6, 6.07) is 18.5. The van der Waals surface area contributed by atoms with E-state index in [1.165, 1.54) is 22.6 Å². The van der Waals surface area contributed by atoms with Gasteiger partial charge in [0, 0.05) is 39.3 Å². The second-order valence-electron chi connectivity index (χ2n) is 7.42. The van der Waals surface area contributed by atoms with Crippen molar-refractivity contribution < 1.29 is 9.21 Å². The first-order valence-electron chi connectivity index (χ1n) is 10.6. The molecular formula is C24H29IN4O2. The molecule has 1 fully saturated rings. The van der Waals surface area contributed by atoms with Gasteiger partial charge in [-0.05, 0) is 41.8 Å². The van der Waals surface area contributed by atoms with Gasteiger partial charge in [-0.1, -0.05) is 42.5 Å². The largest absolute Gasteiger partial charge is 0.459 e. The van der Waals surface area contributed by atoms with Crippen LogP contribution >= 0.6 is 24.0 Å². The summed E-state index contributed by atoms with van der Waals surface area (Å²) < 4.78 is 5.24. The third kappa shape index (κ3) is 5.78. The SMILES string of the molecule is CCNC(=NCCc1ccc2ccccc2c1)N1CCN(C(=O)c2ccco2)CC1.I. The lowest BCUT2D eigenvalue weighted by Gasteiger charge is -2.36. The Morgan fingerprint density at radius 1 is 1.00 bits per heavy atom. The maximum absolute atomic E-state index is 12.5. The second-order valence-corrected chi connectivity index (χ2v) is 7.42. The first-order chi connectivity index (χ1) is 14.7. The van der Waals surface area contributed by atoms with Gasteiger partial charge in [-0.15, -0.1) is 24.0 Å². The van der Waals surface area contributed by atoms with Crippen LogP contribution in [0.3, 0.4) is 0 Å². The molecule has 1 aromatic heterocycles. The van der Waals surface area contributed by atoms with Crippen LogP contribution in [-0.4, -0.2) is 60.9 Å². The van der Waals surface area contributed by atoms with Crippen molar-refractivity contribution in [2.75, 3.05) is 39.3 Å². The molecule has 0 radical (unpaired) electrons. The molecule has 1 aliphatic heterocycles. The number of halogens is 1. The number of piperazine rings is 1. The van der Waals surface area contributed by atoms with E-state index in [1.807, 2.05) is 4.90 Å². The quantitative estimate of drug-likeness (QED) is 0.307. The minimum absolute atomic E-state index is 0. The molecule has 6 nitrogen and oxygen atoms in total. The highest BCUT2D eigenvalue weighted by atomic mass is 127. The summed E-state index contributed by atoms with van der Waals surface area (Å²) in [6.07, 6.45) is 2.44. The van der Waals surface area contributed by atoms with Crippen LogP contribution in [0.4, 0.5) is 0 Å². The molecule has 1 aliphatic rings. The average Bonchev–Trinajstić information content (AvgIpc) is 3.33. The van der Waals surface area contributed by atoms with Gasteiger partial charge >= 0.3 is 0 Å². The molecule has 0 aliphatic carbocycles. The highest BCUT2D eigenvalue weighted by Crippen LogP contribution is 2.16. The van der Waals surface area contributed by atoms with E-state index in [1.54, 1.807) is 12.1 Å². The molecule has 0 spiro atoms. The molecule has 2 aromatic carbocycles. The van der Waals surface area contributed by atoms with Crippen LogP contribution in [0.25, 0.3) is 10.8 Å². The van der Waals surface area contributed by atoms with Crippen LogP contribution in [0.2, 0.25) is 0 Å². The van der Waals surface area contributed by atoms with Crippen LogP contribution < -0.4 is 5.32 Å². The van der Waals surface area contributed by atoms with Crippen LogP contribution in [0.15, 0.2) is 70.3 Å². The van der Waals surface area contributed by atoms with Crippen molar-refractivity contribution in [2.45, 2.75) is 13.3 Å². The summed E-state index contributed by atoms with van der Waals surface area (Å²) in [5.74, 6) is 1.28. The highest BCUT2D eigenvalue weighted by Gasteiger charge is 2.25. The summed E-state index contributed by atoms with van der Waals surface area (Å²) in [6.45, 7) is 6.47. The average molecular weight is 532 g/mol. The van der Waals surface area contributed by atoms with E-state index in [9.17, 15) is 4.79 Å². The summed E-state index contributed by atoms with van der Waals surface area (Å²) in [5.41, 5.74) is 1.29. The lowest BCUT2D eigenvalue weighted by atomic mass is 10.1. The molecule has 1 saturated heterocycles. The number of carbonyl (C=O) groups is 1. The fourth-order valence-electron chi connectivity index (χ4n) is 3.79. The van der Waals surface area contributed by atoms with Crippen molar-refractivity contribution in [1.29, 1.82) is 0 Å².